The Morgan fingerprint density at radius 1 is 1.05 bits per heavy atom. The van der Waals surface area contributed by atoms with Crippen LogP contribution in [0.1, 0.15) is 46.5 Å². The highest BCUT2D eigenvalue weighted by molar-refractivity contribution is 5.97. The summed E-state index contributed by atoms with van der Waals surface area (Å²) in [6, 6.07) is 0. The molecule has 0 radical (unpaired) electrons. The third-order valence-corrected chi connectivity index (χ3v) is 6.88. The molecule has 0 amide bonds. The molecule has 2 spiro atoms. The smallest absolute Gasteiger partial charge is 0.310 e. The van der Waals surface area contributed by atoms with E-state index >= 15 is 0 Å². The van der Waals surface area contributed by atoms with Gasteiger partial charge in [0, 0.05) is 17.8 Å². The Hall–Kier alpha value is -0.940. The first-order chi connectivity index (χ1) is 10.4. The van der Waals surface area contributed by atoms with Crippen LogP contribution in [0.25, 0.3) is 0 Å². The van der Waals surface area contributed by atoms with E-state index in [-0.39, 0.29) is 29.0 Å². The maximum absolute atomic E-state index is 13.5. The minimum atomic E-state index is -0.971. The molecule has 5 atom stereocenters. The van der Waals surface area contributed by atoms with Crippen molar-refractivity contribution in [3.63, 3.8) is 0 Å². The molecule has 5 heteroatoms. The molecule has 2 aliphatic carbocycles. The van der Waals surface area contributed by atoms with E-state index < -0.39 is 17.3 Å². The first-order valence-electron chi connectivity index (χ1n) is 8.41. The van der Waals surface area contributed by atoms with Crippen molar-refractivity contribution in [2.75, 3.05) is 13.2 Å². The molecular formula is C17H24O5. The lowest BCUT2D eigenvalue weighted by molar-refractivity contribution is -0.200. The Morgan fingerprint density at radius 2 is 1.73 bits per heavy atom. The van der Waals surface area contributed by atoms with E-state index in [0.29, 0.717) is 19.6 Å². The van der Waals surface area contributed by atoms with Crippen LogP contribution in [0.4, 0.5) is 0 Å². The third-order valence-electron chi connectivity index (χ3n) is 6.88. The molecule has 0 unspecified atom stereocenters. The number of carbonyl (C=O) groups excluding carboxylic acids is 2. The van der Waals surface area contributed by atoms with Gasteiger partial charge in [0.2, 0.25) is 0 Å². The molecule has 0 aromatic carbocycles. The quantitative estimate of drug-likeness (QED) is 0.641. The molecule has 4 rings (SSSR count). The van der Waals surface area contributed by atoms with Crippen LogP contribution in [0.15, 0.2) is 0 Å². The average Bonchev–Trinajstić information content (AvgIpc) is 3.13. The highest BCUT2D eigenvalue weighted by Gasteiger charge is 2.73. The number of esters is 1. The first kappa shape index (κ1) is 14.6. The zero-order valence-electron chi connectivity index (χ0n) is 13.5. The van der Waals surface area contributed by atoms with E-state index in [4.69, 9.17) is 14.2 Å². The molecule has 0 aromatic heterocycles. The van der Waals surface area contributed by atoms with Gasteiger partial charge in [0.1, 0.15) is 0 Å². The molecule has 0 N–H and O–H groups in total. The van der Waals surface area contributed by atoms with Crippen molar-refractivity contribution in [2.45, 2.75) is 57.8 Å². The highest BCUT2D eigenvalue weighted by atomic mass is 16.7. The van der Waals surface area contributed by atoms with Gasteiger partial charge >= 0.3 is 5.97 Å². The summed E-state index contributed by atoms with van der Waals surface area (Å²) in [6.45, 7) is 6.94. The number of Topliss-reactive ketones (excluding diaryl/α,β-unsaturated/α-hetero) is 1. The van der Waals surface area contributed by atoms with Crippen LogP contribution in [-0.2, 0) is 23.8 Å². The van der Waals surface area contributed by atoms with Gasteiger partial charge in [-0.2, -0.15) is 0 Å². The third kappa shape index (κ3) is 1.47. The van der Waals surface area contributed by atoms with Gasteiger partial charge in [-0.25, -0.2) is 0 Å². The monoisotopic (exact) mass is 308 g/mol. The van der Waals surface area contributed by atoms with Crippen LogP contribution in [0.2, 0.25) is 0 Å². The lowest BCUT2D eigenvalue weighted by Crippen LogP contribution is -2.55. The van der Waals surface area contributed by atoms with Crippen molar-refractivity contribution in [3.8, 4) is 0 Å². The summed E-state index contributed by atoms with van der Waals surface area (Å²) >= 11 is 0. The van der Waals surface area contributed by atoms with Gasteiger partial charge in [0.15, 0.2) is 17.2 Å². The molecule has 2 aliphatic heterocycles. The van der Waals surface area contributed by atoms with Crippen molar-refractivity contribution in [3.05, 3.63) is 0 Å². The maximum atomic E-state index is 13.5. The summed E-state index contributed by atoms with van der Waals surface area (Å²) in [6.07, 6.45) is 3.29. The van der Waals surface area contributed by atoms with Crippen LogP contribution < -0.4 is 0 Å². The van der Waals surface area contributed by atoms with Crippen molar-refractivity contribution >= 4 is 11.8 Å². The fourth-order valence-electron chi connectivity index (χ4n) is 5.42. The minimum Gasteiger partial charge on any atom is -0.450 e. The Morgan fingerprint density at radius 3 is 2.41 bits per heavy atom. The SMILES string of the molecule is C[C@@H]1C(=O)O[C@@]23C(=O)[C@@H](C)C4(CC[C@]2(C)CC[C@@H]13)OCCO4. The van der Waals surface area contributed by atoms with Crippen molar-refractivity contribution < 1.29 is 23.8 Å². The summed E-state index contributed by atoms with van der Waals surface area (Å²) in [4.78, 5) is 25.7. The van der Waals surface area contributed by atoms with Gasteiger partial charge in [0.05, 0.1) is 25.0 Å². The number of rotatable bonds is 0. The van der Waals surface area contributed by atoms with Crippen LogP contribution in [0, 0.1) is 23.2 Å². The zero-order valence-corrected chi connectivity index (χ0v) is 13.5. The maximum Gasteiger partial charge on any atom is 0.310 e. The van der Waals surface area contributed by atoms with Gasteiger partial charge in [0.25, 0.3) is 0 Å². The summed E-state index contributed by atoms with van der Waals surface area (Å²) in [5.74, 6) is -1.64. The van der Waals surface area contributed by atoms with E-state index in [1.807, 2.05) is 13.8 Å². The number of ketones is 1. The van der Waals surface area contributed by atoms with Crippen molar-refractivity contribution in [2.24, 2.45) is 23.2 Å². The number of carbonyl (C=O) groups is 2. The van der Waals surface area contributed by atoms with Crippen LogP contribution >= 0.6 is 0 Å². The van der Waals surface area contributed by atoms with Gasteiger partial charge < -0.3 is 14.2 Å². The normalized spacial score (nSPS) is 49.9. The number of hydrogen-bond donors (Lipinski definition) is 0. The van der Waals surface area contributed by atoms with Crippen LogP contribution in [0.5, 0.6) is 0 Å². The zero-order chi connectivity index (χ0) is 15.8. The predicted molar refractivity (Wildman–Crippen MR) is 76.9 cm³/mol. The Bertz CT molecular complexity index is 537. The van der Waals surface area contributed by atoms with E-state index in [0.717, 1.165) is 19.3 Å². The summed E-state index contributed by atoms with van der Waals surface area (Å²) in [5.41, 5.74) is -1.27. The first-order valence-corrected chi connectivity index (χ1v) is 8.41. The van der Waals surface area contributed by atoms with Crippen LogP contribution in [-0.4, -0.2) is 36.4 Å². The minimum absolute atomic E-state index is 0.00324. The second-order valence-electron chi connectivity index (χ2n) is 7.75. The molecule has 122 valence electrons. The summed E-state index contributed by atoms with van der Waals surface area (Å²) < 4.78 is 17.6. The number of hydrogen-bond acceptors (Lipinski definition) is 5. The molecule has 2 saturated heterocycles. The van der Waals surface area contributed by atoms with Gasteiger partial charge in [-0.15, -0.1) is 0 Å². The van der Waals surface area contributed by atoms with Gasteiger partial charge in [-0.05, 0) is 19.3 Å². The highest BCUT2D eigenvalue weighted by Crippen LogP contribution is 2.64. The van der Waals surface area contributed by atoms with Gasteiger partial charge in [-0.3, -0.25) is 9.59 Å². The molecule has 2 heterocycles. The molecule has 4 aliphatic rings. The largest absolute Gasteiger partial charge is 0.450 e. The molecule has 5 nitrogen and oxygen atoms in total. The topological polar surface area (TPSA) is 61.8 Å². The van der Waals surface area contributed by atoms with Crippen molar-refractivity contribution in [1.82, 2.24) is 0 Å². The molecular weight excluding hydrogens is 284 g/mol. The second-order valence-corrected chi connectivity index (χ2v) is 7.75. The number of ether oxygens (including phenoxy) is 3. The molecule has 2 saturated carbocycles. The lowest BCUT2D eigenvalue weighted by Gasteiger charge is -2.40. The molecule has 4 fully saturated rings. The second kappa shape index (κ2) is 4.32. The summed E-state index contributed by atoms with van der Waals surface area (Å²) in [7, 11) is 0. The Balaban J connectivity index is 1.83. The van der Waals surface area contributed by atoms with Crippen LogP contribution in [0.3, 0.4) is 0 Å². The van der Waals surface area contributed by atoms with Gasteiger partial charge in [-0.1, -0.05) is 20.8 Å². The van der Waals surface area contributed by atoms with E-state index in [1.54, 1.807) is 0 Å². The summed E-state index contributed by atoms with van der Waals surface area (Å²) in [5, 5.41) is 0. The molecule has 0 aromatic rings. The standard InChI is InChI=1S/C17H24O5/c1-10-12-4-5-15(3)6-7-16(20-8-9-21-16)11(2)13(18)17(12,15)22-14(10)19/h10-12H,4-9H2,1-3H3/t10-,11+,12-,15-,17-/m0/s1. The van der Waals surface area contributed by atoms with E-state index in [2.05, 4.69) is 6.92 Å². The Kier molecular flexibility index (Phi) is 2.88. The molecule has 22 heavy (non-hydrogen) atoms. The fourth-order valence-corrected chi connectivity index (χ4v) is 5.42. The van der Waals surface area contributed by atoms with E-state index in [1.165, 1.54) is 0 Å². The predicted octanol–water partition coefficient (Wildman–Crippen LogP) is 2.08. The lowest BCUT2D eigenvalue weighted by atomic mass is 9.67. The molecule has 0 bridgehead atoms. The van der Waals surface area contributed by atoms with Crippen molar-refractivity contribution in [1.29, 1.82) is 0 Å². The average molecular weight is 308 g/mol. The fraction of sp³-hybridized carbons (Fsp3) is 0.882. The Labute approximate surface area is 130 Å². The van der Waals surface area contributed by atoms with E-state index in [9.17, 15) is 9.59 Å².